The monoisotopic (exact) mass is 207 g/mol. The van der Waals surface area contributed by atoms with E-state index in [2.05, 4.69) is 9.89 Å². The van der Waals surface area contributed by atoms with E-state index in [1.165, 1.54) is 14.2 Å². The van der Waals surface area contributed by atoms with Gasteiger partial charge in [0.05, 0.1) is 25.2 Å². The topological polar surface area (TPSA) is 61.6 Å². The van der Waals surface area contributed by atoms with Gasteiger partial charge in [-0.05, 0) is 12.1 Å². The van der Waals surface area contributed by atoms with Crippen LogP contribution in [-0.2, 0) is 4.74 Å². The van der Waals surface area contributed by atoms with Crippen molar-refractivity contribution < 1.29 is 18.8 Å². The average Bonchev–Trinajstić information content (AvgIpc) is 2.70. The molecule has 78 valence electrons. The number of esters is 1. The summed E-state index contributed by atoms with van der Waals surface area (Å²) in [5, 5.41) is 4.41. The Bertz CT molecular complexity index is 503. The number of carbonyl (C=O) groups is 1. The van der Waals surface area contributed by atoms with Gasteiger partial charge in [0.2, 0.25) is 0 Å². The molecule has 0 fully saturated rings. The summed E-state index contributed by atoms with van der Waals surface area (Å²) in [5.74, 6) is -0.160. The molecule has 1 aromatic heterocycles. The second-order valence-electron chi connectivity index (χ2n) is 2.87. The van der Waals surface area contributed by atoms with Crippen LogP contribution in [0.3, 0.4) is 0 Å². The number of benzene rings is 1. The third-order valence-corrected chi connectivity index (χ3v) is 2.07. The molecule has 5 nitrogen and oxygen atoms in total. The van der Waals surface area contributed by atoms with Crippen molar-refractivity contribution >= 4 is 16.9 Å². The Kier molecular flexibility index (Phi) is 2.29. The fourth-order valence-electron chi connectivity index (χ4n) is 1.36. The summed E-state index contributed by atoms with van der Waals surface area (Å²) >= 11 is 0. The highest BCUT2D eigenvalue weighted by molar-refractivity contribution is 6.03. The molecular weight excluding hydrogens is 198 g/mol. The van der Waals surface area contributed by atoms with Crippen LogP contribution in [0.2, 0.25) is 0 Å². The molecule has 0 unspecified atom stereocenters. The van der Waals surface area contributed by atoms with Crippen LogP contribution >= 0.6 is 0 Å². The van der Waals surface area contributed by atoms with E-state index in [0.29, 0.717) is 16.5 Å². The number of nitrogens with zero attached hydrogens (tertiary/aromatic N) is 1. The molecule has 0 aliphatic heterocycles. The highest BCUT2D eigenvalue weighted by Crippen LogP contribution is 2.27. The number of rotatable bonds is 2. The Morgan fingerprint density at radius 3 is 2.87 bits per heavy atom. The molecule has 0 saturated carbocycles. The van der Waals surface area contributed by atoms with E-state index in [-0.39, 0.29) is 5.95 Å². The lowest BCUT2D eigenvalue weighted by atomic mass is 10.1. The maximum absolute atomic E-state index is 11.4. The molecule has 0 atom stereocenters. The average molecular weight is 207 g/mol. The Morgan fingerprint density at radius 2 is 2.20 bits per heavy atom. The van der Waals surface area contributed by atoms with Crippen molar-refractivity contribution in [3.05, 3.63) is 23.8 Å². The van der Waals surface area contributed by atoms with Gasteiger partial charge in [-0.15, -0.1) is 0 Å². The lowest BCUT2D eigenvalue weighted by Gasteiger charge is -1.98. The van der Waals surface area contributed by atoms with Crippen molar-refractivity contribution in [3.63, 3.8) is 0 Å². The second-order valence-corrected chi connectivity index (χ2v) is 2.87. The summed E-state index contributed by atoms with van der Waals surface area (Å²) in [6.07, 6.45) is 0. The van der Waals surface area contributed by atoms with E-state index >= 15 is 0 Å². The van der Waals surface area contributed by atoms with Crippen LogP contribution in [0.25, 0.3) is 10.9 Å². The first-order chi connectivity index (χ1) is 7.27. The first-order valence-corrected chi connectivity index (χ1v) is 4.28. The van der Waals surface area contributed by atoms with Gasteiger partial charge < -0.3 is 14.0 Å². The molecule has 1 heterocycles. The molecule has 0 aliphatic carbocycles. The minimum absolute atomic E-state index is 0.288. The zero-order chi connectivity index (χ0) is 10.8. The zero-order valence-electron chi connectivity index (χ0n) is 8.31. The summed E-state index contributed by atoms with van der Waals surface area (Å²) in [5.41, 5.74) is 0.809. The Hall–Kier alpha value is -2.04. The van der Waals surface area contributed by atoms with Crippen LogP contribution in [0.1, 0.15) is 10.4 Å². The Balaban J connectivity index is 2.67. The van der Waals surface area contributed by atoms with Crippen LogP contribution < -0.4 is 4.74 Å². The summed E-state index contributed by atoms with van der Waals surface area (Å²) < 4.78 is 14.5. The van der Waals surface area contributed by atoms with Crippen molar-refractivity contribution in [2.45, 2.75) is 0 Å². The minimum Gasteiger partial charge on any atom is -0.467 e. The van der Waals surface area contributed by atoms with Gasteiger partial charge in [0.25, 0.3) is 0 Å². The largest absolute Gasteiger partial charge is 0.467 e. The molecule has 0 spiro atoms. The van der Waals surface area contributed by atoms with Crippen LogP contribution in [0.5, 0.6) is 5.95 Å². The van der Waals surface area contributed by atoms with Gasteiger partial charge in [-0.25, -0.2) is 4.79 Å². The molecule has 0 amide bonds. The van der Waals surface area contributed by atoms with Crippen molar-refractivity contribution in [2.24, 2.45) is 0 Å². The number of carbonyl (C=O) groups excluding carboxylic acids is 1. The molecule has 0 N–H and O–H groups in total. The van der Waals surface area contributed by atoms with Gasteiger partial charge in [-0.3, -0.25) is 0 Å². The Labute approximate surface area is 85.6 Å². The number of hydrogen-bond donors (Lipinski definition) is 0. The number of methoxy groups -OCH3 is 2. The summed E-state index contributed by atoms with van der Waals surface area (Å²) in [6.45, 7) is 0. The molecule has 2 aromatic rings. The molecule has 5 heteroatoms. The lowest BCUT2D eigenvalue weighted by Crippen LogP contribution is -2.01. The van der Waals surface area contributed by atoms with Gasteiger partial charge in [0, 0.05) is 0 Å². The van der Waals surface area contributed by atoms with Gasteiger partial charge in [-0.1, -0.05) is 11.2 Å². The standard InChI is InChI=1S/C10H9NO4/c1-13-9(12)6-4-3-5-7-8(6)11-15-10(7)14-2/h3-5H,1-2H3. The van der Waals surface area contributed by atoms with Gasteiger partial charge >= 0.3 is 11.9 Å². The van der Waals surface area contributed by atoms with E-state index in [4.69, 9.17) is 9.26 Å². The second kappa shape index (κ2) is 3.61. The highest BCUT2D eigenvalue weighted by atomic mass is 16.6. The number of hydrogen-bond acceptors (Lipinski definition) is 5. The molecule has 1 aromatic carbocycles. The predicted molar refractivity (Wildman–Crippen MR) is 51.9 cm³/mol. The fourth-order valence-corrected chi connectivity index (χ4v) is 1.36. The SMILES string of the molecule is COC(=O)c1cccc2c(OC)onc12. The third-order valence-electron chi connectivity index (χ3n) is 2.07. The highest BCUT2D eigenvalue weighted by Gasteiger charge is 2.16. The van der Waals surface area contributed by atoms with Crippen molar-refractivity contribution in [1.29, 1.82) is 0 Å². The van der Waals surface area contributed by atoms with E-state index < -0.39 is 5.97 Å². The molecule has 15 heavy (non-hydrogen) atoms. The third kappa shape index (κ3) is 1.41. The van der Waals surface area contributed by atoms with Crippen LogP contribution in [0.4, 0.5) is 0 Å². The minimum atomic E-state index is -0.448. The van der Waals surface area contributed by atoms with Crippen molar-refractivity contribution in [1.82, 2.24) is 5.16 Å². The van der Waals surface area contributed by atoms with Gasteiger partial charge in [0.1, 0.15) is 5.52 Å². The van der Waals surface area contributed by atoms with Crippen molar-refractivity contribution in [2.75, 3.05) is 14.2 Å². The molecule has 0 aliphatic rings. The predicted octanol–water partition coefficient (Wildman–Crippen LogP) is 1.62. The van der Waals surface area contributed by atoms with E-state index in [1.807, 2.05) is 0 Å². The van der Waals surface area contributed by atoms with E-state index in [1.54, 1.807) is 18.2 Å². The number of ether oxygens (including phenoxy) is 2. The summed E-state index contributed by atoms with van der Waals surface area (Å²) in [6, 6.07) is 5.10. The van der Waals surface area contributed by atoms with Crippen molar-refractivity contribution in [3.8, 4) is 5.95 Å². The quantitative estimate of drug-likeness (QED) is 0.700. The molecular formula is C10H9NO4. The summed E-state index contributed by atoms with van der Waals surface area (Å²) in [7, 11) is 2.79. The van der Waals surface area contributed by atoms with Gasteiger partial charge in [-0.2, -0.15) is 0 Å². The first kappa shape index (κ1) is 9.51. The molecule has 0 saturated heterocycles. The van der Waals surface area contributed by atoms with Crippen LogP contribution in [0, 0.1) is 0 Å². The maximum Gasteiger partial charge on any atom is 0.340 e. The molecule has 2 rings (SSSR count). The summed E-state index contributed by atoms with van der Waals surface area (Å²) in [4.78, 5) is 11.4. The van der Waals surface area contributed by atoms with Crippen LogP contribution in [-0.4, -0.2) is 25.3 Å². The lowest BCUT2D eigenvalue weighted by molar-refractivity contribution is 0.0602. The number of aromatic nitrogens is 1. The Morgan fingerprint density at radius 1 is 1.40 bits per heavy atom. The van der Waals surface area contributed by atoms with E-state index in [0.717, 1.165) is 0 Å². The maximum atomic E-state index is 11.4. The normalized spacial score (nSPS) is 10.3. The number of fused-ring (bicyclic) bond motifs is 1. The fraction of sp³-hybridized carbons (Fsp3) is 0.200. The smallest absolute Gasteiger partial charge is 0.340 e. The van der Waals surface area contributed by atoms with Gasteiger partial charge in [0.15, 0.2) is 0 Å². The first-order valence-electron chi connectivity index (χ1n) is 4.28. The van der Waals surface area contributed by atoms with E-state index in [9.17, 15) is 4.79 Å². The molecule has 0 bridgehead atoms. The van der Waals surface area contributed by atoms with Crippen LogP contribution in [0.15, 0.2) is 22.7 Å². The zero-order valence-corrected chi connectivity index (χ0v) is 8.31. The molecule has 0 radical (unpaired) electrons.